The summed E-state index contributed by atoms with van der Waals surface area (Å²) < 4.78 is 0. The van der Waals surface area contributed by atoms with Crippen LogP contribution in [0.3, 0.4) is 0 Å². The highest BCUT2D eigenvalue weighted by Crippen LogP contribution is 2.12. The van der Waals surface area contributed by atoms with Gasteiger partial charge in [-0.15, -0.1) is 0 Å². The quantitative estimate of drug-likeness (QED) is 0.635. The van der Waals surface area contributed by atoms with Gasteiger partial charge in [-0.05, 0) is 32.1 Å². The van der Waals surface area contributed by atoms with Crippen molar-refractivity contribution in [1.82, 2.24) is 5.32 Å². The summed E-state index contributed by atoms with van der Waals surface area (Å²) in [6, 6.07) is 1.40. The summed E-state index contributed by atoms with van der Waals surface area (Å²) in [4.78, 5) is 0. The molecule has 0 amide bonds. The fourth-order valence-corrected chi connectivity index (χ4v) is 1.93. The predicted octanol–water partition coefficient (Wildman–Crippen LogP) is 2.73. The first-order chi connectivity index (χ1) is 5.68. The van der Waals surface area contributed by atoms with E-state index < -0.39 is 0 Å². The lowest BCUT2D eigenvalue weighted by Crippen LogP contribution is -2.35. The maximum Gasteiger partial charge on any atom is 0.0138 e. The van der Waals surface area contributed by atoms with Crippen molar-refractivity contribution in [2.75, 3.05) is 0 Å². The van der Waals surface area contributed by atoms with E-state index in [1.807, 2.05) is 0 Å². The molecular formula is C11H21N. The highest BCUT2D eigenvalue weighted by molar-refractivity contribution is 4.98. The highest BCUT2D eigenvalue weighted by atomic mass is 14.9. The summed E-state index contributed by atoms with van der Waals surface area (Å²) in [5.41, 5.74) is 0. The van der Waals surface area contributed by atoms with Crippen LogP contribution in [0.1, 0.15) is 40.0 Å². The Balaban J connectivity index is 2.13. The van der Waals surface area contributed by atoms with Crippen molar-refractivity contribution in [2.24, 2.45) is 5.92 Å². The minimum atomic E-state index is 0.676. The topological polar surface area (TPSA) is 12.0 Å². The molecule has 0 aromatic heterocycles. The third-order valence-electron chi connectivity index (χ3n) is 2.35. The van der Waals surface area contributed by atoms with Crippen molar-refractivity contribution in [3.05, 3.63) is 12.2 Å². The van der Waals surface area contributed by atoms with Crippen molar-refractivity contribution in [3.8, 4) is 0 Å². The average molecular weight is 167 g/mol. The molecule has 0 aromatic rings. The molecule has 1 unspecified atom stereocenters. The van der Waals surface area contributed by atoms with Gasteiger partial charge in [-0.1, -0.05) is 26.0 Å². The van der Waals surface area contributed by atoms with Gasteiger partial charge in [0.1, 0.15) is 0 Å². The summed E-state index contributed by atoms with van der Waals surface area (Å²) in [6.45, 7) is 6.86. The molecule has 12 heavy (non-hydrogen) atoms. The fourth-order valence-electron chi connectivity index (χ4n) is 1.93. The monoisotopic (exact) mass is 167 g/mol. The molecule has 1 atom stereocenters. The lowest BCUT2D eigenvalue weighted by molar-refractivity contribution is 0.397. The van der Waals surface area contributed by atoms with Gasteiger partial charge < -0.3 is 5.32 Å². The van der Waals surface area contributed by atoms with Gasteiger partial charge >= 0.3 is 0 Å². The normalized spacial score (nSPS) is 20.7. The van der Waals surface area contributed by atoms with E-state index in [0.29, 0.717) is 6.04 Å². The zero-order valence-corrected chi connectivity index (χ0v) is 8.51. The highest BCUT2D eigenvalue weighted by Gasteiger charge is 2.13. The van der Waals surface area contributed by atoms with Crippen molar-refractivity contribution in [2.45, 2.75) is 52.1 Å². The first kappa shape index (κ1) is 9.79. The SMILES string of the molecule is CC(C)CC(C)NC1CC=CC1. The van der Waals surface area contributed by atoms with Crippen molar-refractivity contribution in [1.29, 1.82) is 0 Å². The number of nitrogens with one attached hydrogen (secondary N) is 1. The summed E-state index contributed by atoms with van der Waals surface area (Å²) in [6.07, 6.45) is 8.29. The van der Waals surface area contributed by atoms with Gasteiger partial charge in [0, 0.05) is 12.1 Å². The molecule has 0 radical (unpaired) electrons. The second-order valence-electron chi connectivity index (χ2n) is 4.34. The molecule has 1 nitrogen and oxygen atoms in total. The molecule has 0 spiro atoms. The second-order valence-corrected chi connectivity index (χ2v) is 4.34. The van der Waals surface area contributed by atoms with Crippen molar-refractivity contribution >= 4 is 0 Å². The lowest BCUT2D eigenvalue weighted by Gasteiger charge is -2.20. The maximum atomic E-state index is 3.65. The molecule has 1 heteroatoms. The van der Waals surface area contributed by atoms with Gasteiger partial charge in [-0.3, -0.25) is 0 Å². The van der Waals surface area contributed by atoms with Gasteiger partial charge in [0.15, 0.2) is 0 Å². The third-order valence-corrected chi connectivity index (χ3v) is 2.35. The van der Waals surface area contributed by atoms with E-state index in [-0.39, 0.29) is 0 Å². The molecule has 1 rings (SSSR count). The van der Waals surface area contributed by atoms with Crippen LogP contribution in [0.15, 0.2) is 12.2 Å². The Morgan fingerprint density at radius 2 is 1.83 bits per heavy atom. The lowest BCUT2D eigenvalue weighted by atomic mass is 10.0. The van der Waals surface area contributed by atoms with Gasteiger partial charge in [0.05, 0.1) is 0 Å². The Morgan fingerprint density at radius 1 is 1.25 bits per heavy atom. The molecule has 1 N–H and O–H groups in total. The van der Waals surface area contributed by atoms with E-state index in [1.165, 1.54) is 19.3 Å². The van der Waals surface area contributed by atoms with E-state index in [9.17, 15) is 0 Å². The van der Waals surface area contributed by atoms with Gasteiger partial charge in [-0.25, -0.2) is 0 Å². The van der Waals surface area contributed by atoms with E-state index >= 15 is 0 Å². The number of rotatable bonds is 4. The summed E-state index contributed by atoms with van der Waals surface area (Å²) in [5.74, 6) is 0.807. The minimum absolute atomic E-state index is 0.676. The molecule has 0 bridgehead atoms. The molecule has 0 aliphatic heterocycles. The average Bonchev–Trinajstić information content (AvgIpc) is 2.37. The molecule has 0 aromatic carbocycles. The minimum Gasteiger partial charge on any atom is -0.311 e. The Hall–Kier alpha value is -0.300. The zero-order chi connectivity index (χ0) is 8.97. The van der Waals surface area contributed by atoms with Crippen LogP contribution in [0.2, 0.25) is 0 Å². The van der Waals surface area contributed by atoms with Crippen LogP contribution in [0.5, 0.6) is 0 Å². The van der Waals surface area contributed by atoms with Crippen LogP contribution in [0, 0.1) is 5.92 Å². The second kappa shape index (κ2) is 4.66. The summed E-state index contributed by atoms with van der Waals surface area (Å²) in [5, 5.41) is 3.65. The number of hydrogen-bond acceptors (Lipinski definition) is 1. The first-order valence-electron chi connectivity index (χ1n) is 5.09. The fraction of sp³-hybridized carbons (Fsp3) is 0.818. The molecule has 70 valence electrons. The van der Waals surface area contributed by atoms with Crippen molar-refractivity contribution in [3.63, 3.8) is 0 Å². The molecule has 0 heterocycles. The van der Waals surface area contributed by atoms with Crippen LogP contribution >= 0.6 is 0 Å². The van der Waals surface area contributed by atoms with Crippen molar-refractivity contribution < 1.29 is 0 Å². The summed E-state index contributed by atoms with van der Waals surface area (Å²) in [7, 11) is 0. The Bertz CT molecular complexity index is 141. The predicted molar refractivity (Wildman–Crippen MR) is 54.2 cm³/mol. The number of hydrogen-bond donors (Lipinski definition) is 1. The van der Waals surface area contributed by atoms with Gasteiger partial charge in [-0.2, -0.15) is 0 Å². The standard InChI is InChI=1S/C11H21N/c1-9(2)8-10(3)12-11-6-4-5-7-11/h4-5,9-12H,6-8H2,1-3H3. The van der Waals surface area contributed by atoms with Crippen LogP contribution < -0.4 is 5.32 Å². The first-order valence-corrected chi connectivity index (χ1v) is 5.09. The van der Waals surface area contributed by atoms with Crippen LogP contribution in [0.4, 0.5) is 0 Å². The molecule has 0 fully saturated rings. The Kier molecular flexibility index (Phi) is 3.80. The smallest absolute Gasteiger partial charge is 0.0138 e. The zero-order valence-electron chi connectivity index (χ0n) is 8.51. The Morgan fingerprint density at radius 3 is 2.33 bits per heavy atom. The summed E-state index contributed by atoms with van der Waals surface area (Å²) >= 11 is 0. The van der Waals surface area contributed by atoms with E-state index in [0.717, 1.165) is 12.0 Å². The van der Waals surface area contributed by atoms with E-state index in [2.05, 4.69) is 38.2 Å². The van der Waals surface area contributed by atoms with Gasteiger partial charge in [0.2, 0.25) is 0 Å². The van der Waals surface area contributed by atoms with Crippen LogP contribution in [-0.4, -0.2) is 12.1 Å². The molecule has 0 saturated heterocycles. The molecule has 0 saturated carbocycles. The van der Waals surface area contributed by atoms with E-state index in [1.54, 1.807) is 0 Å². The molecule has 1 aliphatic carbocycles. The van der Waals surface area contributed by atoms with Gasteiger partial charge in [0.25, 0.3) is 0 Å². The largest absolute Gasteiger partial charge is 0.311 e. The van der Waals surface area contributed by atoms with E-state index in [4.69, 9.17) is 0 Å². The van der Waals surface area contributed by atoms with Crippen LogP contribution in [-0.2, 0) is 0 Å². The molecule has 1 aliphatic rings. The molecular weight excluding hydrogens is 146 g/mol. The Labute approximate surface area is 76.2 Å². The maximum absolute atomic E-state index is 3.65. The van der Waals surface area contributed by atoms with Crippen LogP contribution in [0.25, 0.3) is 0 Å². The third kappa shape index (κ3) is 3.40.